The van der Waals surface area contributed by atoms with E-state index in [2.05, 4.69) is 61.0 Å². The second-order valence-corrected chi connectivity index (χ2v) is 7.19. The van der Waals surface area contributed by atoms with E-state index in [1.807, 2.05) is 36.4 Å². The van der Waals surface area contributed by atoms with Crippen molar-refractivity contribution in [2.24, 2.45) is 7.05 Å². The number of nitrogens with one attached hydrogen (secondary N) is 1. The molecule has 0 fully saturated rings. The van der Waals surface area contributed by atoms with Gasteiger partial charge in [0.05, 0.1) is 5.52 Å². The number of benzene rings is 3. The van der Waals surface area contributed by atoms with E-state index in [0.717, 1.165) is 17.0 Å². The Labute approximate surface area is 157 Å². The molecule has 27 heavy (non-hydrogen) atoms. The van der Waals surface area contributed by atoms with Crippen molar-refractivity contribution in [3.05, 3.63) is 78.1 Å². The van der Waals surface area contributed by atoms with Crippen LogP contribution in [-0.2, 0) is 7.05 Å². The number of H-pyrrole nitrogens is 1. The maximum absolute atomic E-state index is 6.06. The van der Waals surface area contributed by atoms with Crippen LogP contribution in [0.15, 0.2) is 67.0 Å². The first-order valence-electron chi connectivity index (χ1n) is 9.18. The second kappa shape index (κ2) is 5.85. The van der Waals surface area contributed by atoms with Crippen LogP contribution < -0.4 is 9.30 Å². The lowest BCUT2D eigenvalue weighted by atomic mass is 9.97. The Morgan fingerprint density at radius 3 is 2.44 bits per heavy atom. The number of aryl methyl sites for hydroxylation is 3. The summed E-state index contributed by atoms with van der Waals surface area (Å²) in [6.45, 7) is 4.41. The average Bonchev–Trinajstić information content (AvgIpc) is 3.06. The number of pyridine rings is 1. The summed E-state index contributed by atoms with van der Waals surface area (Å²) in [5, 5.41) is 5.07. The zero-order valence-corrected chi connectivity index (χ0v) is 15.7. The second-order valence-electron chi connectivity index (χ2n) is 7.19. The van der Waals surface area contributed by atoms with Crippen LogP contribution in [0.5, 0.6) is 11.5 Å². The minimum Gasteiger partial charge on any atom is -0.457 e. The zero-order chi connectivity index (χ0) is 18.5. The van der Waals surface area contributed by atoms with E-state index in [1.165, 1.54) is 38.2 Å². The fourth-order valence-electron chi connectivity index (χ4n) is 4.02. The average molecular weight is 353 g/mol. The van der Waals surface area contributed by atoms with E-state index >= 15 is 0 Å². The molecule has 0 saturated carbocycles. The third kappa shape index (κ3) is 2.47. The standard InChI is InChI=1S/C24H20N2O/c1-15-21-14-26(3)12-11-19(21)16(2)24-23(15)20-13-18(9-10-22(20)25-24)27-17-7-5-4-6-8-17/h4-14H,1-3H3/p+1. The smallest absolute Gasteiger partial charge is 0.176 e. The van der Waals surface area contributed by atoms with E-state index < -0.39 is 0 Å². The van der Waals surface area contributed by atoms with Crippen molar-refractivity contribution in [3.63, 3.8) is 0 Å². The van der Waals surface area contributed by atoms with Crippen LogP contribution in [0.25, 0.3) is 32.6 Å². The first-order chi connectivity index (χ1) is 13.1. The van der Waals surface area contributed by atoms with Crippen LogP contribution in [0.4, 0.5) is 0 Å². The third-order valence-corrected chi connectivity index (χ3v) is 5.41. The summed E-state index contributed by atoms with van der Waals surface area (Å²) in [5.41, 5.74) is 4.93. The van der Waals surface area contributed by atoms with Crippen molar-refractivity contribution in [2.75, 3.05) is 0 Å². The largest absolute Gasteiger partial charge is 0.457 e. The number of aromatic amines is 1. The van der Waals surface area contributed by atoms with Gasteiger partial charge in [-0.25, -0.2) is 4.57 Å². The van der Waals surface area contributed by atoms with Gasteiger partial charge in [-0.2, -0.15) is 0 Å². The molecule has 0 spiro atoms. The van der Waals surface area contributed by atoms with Gasteiger partial charge in [-0.1, -0.05) is 18.2 Å². The van der Waals surface area contributed by atoms with E-state index in [4.69, 9.17) is 4.74 Å². The monoisotopic (exact) mass is 353 g/mol. The lowest BCUT2D eigenvalue weighted by molar-refractivity contribution is -0.670. The number of para-hydroxylation sites is 1. The first-order valence-corrected chi connectivity index (χ1v) is 9.18. The van der Waals surface area contributed by atoms with Crippen molar-refractivity contribution in [3.8, 4) is 11.5 Å². The molecule has 3 nitrogen and oxygen atoms in total. The van der Waals surface area contributed by atoms with Gasteiger partial charge in [0.2, 0.25) is 0 Å². The SMILES string of the molecule is Cc1c2cc[n+](C)cc2c(C)c2c1[nH]c1ccc(Oc3ccccc3)cc12. The number of hydrogen-bond acceptors (Lipinski definition) is 1. The molecular formula is C24H21N2O+. The molecule has 5 aromatic rings. The molecule has 0 aliphatic heterocycles. The van der Waals surface area contributed by atoms with Crippen molar-refractivity contribution in [2.45, 2.75) is 13.8 Å². The van der Waals surface area contributed by atoms with Gasteiger partial charge in [-0.15, -0.1) is 0 Å². The number of hydrogen-bond donors (Lipinski definition) is 1. The molecule has 0 bridgehead atoms. The van der Waals surface area contributed by atoms with E-state index in [0.29, 0.717) is 0 Å². The van der Waals surface area contributed by atoms with Gasteiger partial charge in [0, 0.05) is 27.7 Å². The molecule has 3 heteroatoms. The molecule has 0 radical (unpaired) electrons. The van der Waals surface area contributed by atoms with Crippen LogP contribution in [0.3, 0.4) is 0 Å². The molecule has 2 heterocycles. The summed E-state index contributed by atoms with van der Waals surface area (Å²) in [6.07, 6.45) is 4.31. The fourth-order valence-corrected chi connectivity index (χ4v) is 4.02. The third-order valence-electron chi connectivity index (χ3n) is 5.41. The normalized spacial score (nSPS) is 11.5. The quantitative estimate of drug-likeness (QED) is 0.405. The van der Waals surface area contributed by atoms with E-state index in [1.54, 1.807) is 0 Å². The zero-order valence-electron chi connectivity index (χ0n) is 15.7. The number of aromatic nitrogens is 2. The highest BCUT2D eigenvalue weighted by molar-refractivity contribution is 6.16. The molecule has 132 valence electrons. The highest BCUT2D eigenvalue weighted by atomic mass is 16.5. The Bertz CT molecular complexity index is 1320. The summed E-state index contributed by atoms with van der Waals surface area (Å²) in [6, 6.07) is 18.4. The number of ether oxygens (including phenoxy) is 1. The van der Waals surface area contributed by atoms with Crippen LogP contribution in [0.1, 0.15) is 11.1 Å². The summed E-state index contributed by atoms with van der Waals surface area (Å²) >= 11 is 0. The topological polar surface area (TPSA) is 28.9 Å². The highest BCUT2D eigenvalue weighted by Crippen LogP contribution is 2.37. The van der Waals surface area contributed by atoms with Crippen LogP contribution in [-0.4, -0.2) is 4.98 Å². The molecule has 0 saturated heterocycles. The Hall–Kier alpha value is -3.33. The van der Waals surface area contributed by atoms with Crippen molar-refractivity contribution in [1.82, 2.24) is 4.98 Å². The highest BCUT2D eigenvalue weighted by Gasteiger charge is 2.16. The lowest BCUT2D eigenvalue weighted by Gasteiger charge is -2.08. The number of rotatable bonds is 2. The first kappa shape index (κ1) is 15.9. The molecule has 5 rings (SSSR count). The molecule has 0 atom stereocenters. The minimum absolute atomic E-state index is 0.849. The van der Waals surface area contributed by atoms with Gasteiger partial charge in [-0.05, 0) is 60.7 Å². The van der Waals surface area contributed by atoms with Crippen LogP contribution in [0.2, 0.25) is 0 Å². The number of fused-ring (bicyclic) bond motifs is 4. The Balaban J connectivity index is 1.79. The molecule has 0 aliphatic rings. The van der Waals surface area contributed by atoms with Gasteiger partial charge in [-0.3, -0.25) is 0 Å². The van der Waals surface area contributed by atoms with Gasteiger partial charge in [0.15, 0.2) is 12.4 Å². The molecule has 0 amide bonds. The predicted octanol–water partition coefficient (Wildman–Crippen LogP) is 5.71. The Morgan fingerprint density at radius 1 is 0.815 bits per heavy atom. The maximum atomic E-state index is 6.06. The van der Waals surface area contributed by atoms with E-state index in [-0.39, 0.29) is 0 Å². The molecule has 2 aromatic heterocycles. The van der Waals surface area contributed by atoms with Crippen molar-refractivity contribution >= 4 is 32.6 Å². The molecule has 1 N–H and O–H groups in total. The molecule has 3 aromatic carbocycles. The maximum Gasteiger partial charge on any atom is 0.176 e. The number of nitrogens with zero attached hydrogens (tertiary/aromatic N) is 1. The van der Waals surface area contributed by atoms with Crippen LogP contribution in [0, 0.1) is 13.8 Å². The predicted molar refractivity (Wildman–Crippen MR) is 110 cm³/mol. The van der Waals surface area contributed by atoms with Crippen molar-refractivity contribution < 1.29 is 9.30 Å². The summed E-state index contributed by atoms with van der Waals surface area (Å²) in [5.74, 6) is 1.70. The summed E-state index contributed by atoms with van der Waals surface area (Å²) < 4.78 is 8.17. The molecule has 0 unspecified atom stereocenters. The summed E-state index contributed by atoms with van der Waals surface area (Å²) in [4.78, 5) is 3.62. The van der Waals surface area contributed by atoms with Gasteiger partial charge in [0.1, 0.15) is 18.5 Å². The van der Waals surface area contributed by atoms with Crippen molar-refractivity contribution in [1.29, 1.82) is 0 Å². The fraction of sp³-hybridized carbons (Fsp3) is 0.125. The van der Waals surface area contributed by atoms with Gasteiger partial charge in [0.25, 0.3) is 0 Å². The van der Waals surface area contributed by atoms with Gasteiger partial charge < -0.3 is 9.72 Å². The molecular weight excluding hydrogens is 332 g/mol. The summed E-state index contributed by atoms with van der Waals surface area (Å²) in [7, 11) is 2.07. The minimum atomic E-state index is 0.849. The lowest BCUT2D eigenvalue weighted by Crippen LogP contribution is -2.26. The van der Waals surface area contributed by atoms with E-state index in [9.17, 15) is 0 Å². The van der Waals surface area contributed by atoms with Crippen LogP contribution >= 0.6 is 0 Å². The van der Waals surface area contributed by atoms with Gasteiger partial charge >= 0.3 is 0 Å². The Kier molecular flexibility index (Phi) is 3.44. The Morgan fingerprint density at radius 2 is 1.63 bits per heavy atom. The molecule has 0 aliphatic carbocycles.